The fraction of sp³-hybridized carbons (Fsp3) is 0.550. The second-order valence-corrected chi connectivity index (χ2v) is 11.1. The summed E-state index contributed by atoms with van der Waals surface area (Å²) >= 11 is 7.34. The molecule has 0 unspecified atom stereocenters. The van der Waals surface area contributed by atoms with Gasteiger partial charge in [-0.1, -0.05) is 11.6 Å². The van der Waals surface area contributed by atoms with Gasteiger partial charge >= 0.3 is 0 Å². The molecule has 1 aromatic carbocycles. The molecular weight excluding hydrogens is 461 g/mol. The van der Waals surface area contributed by atoms with Gasteiger partial charge in [-0.3, -0.25) is 4.72 Å². The van der Waals surface area contributed by atoms with Gasteiger partial charge in [0.25, 0.3) is 10.0 Å². The van der Waals surface area contributed by atoms with Gasteiger partial charge in [0.05, 0.1) is 10.7 Å². The Labute approximate surface area is 191 Å². The molecule has 170 valence electrons. The van der Waals surface area contributed by atoms with Gasteiger partial charge in [0.15, 0.2) is 5.13 Å². The Balaban J connectivity index is 1.26. The molecule has 0 saturated carbocycles. The van der Waals surface area contributed by atoms with E-state index in [1.54, 1.807) is 5.38 Å². The molecule has 0 radical (unpaired) electrons. The Morgan fingerprint density at radius 3 is 2.90 bits per heavy atom. The van der Waals surface area contributed by atoms with Crippen molar-refractivity contribution < 1.29 is 12.8 Å². The molecule has 0 bridgehead atoms. The fourth-order valence-corrected chi connectivity index (χ4v) is 6.52. The maximum Gasteiger partial charge on any atom is 0.266 e. The zero-order chi connectivity index (χ0) is 21.8. The van der Waals surface area contributed by atoms with Gasteiger partial charge in [-0.15, -0.1) is 11.3 Å². The van der Waals surface area contributed by atoms with Crippen LogP contribution in [0.2, 0.25) is 5.02 Å². The number of fused-ring (bicyclic) bond motifs is 1. The minimum Gasteiger partial charge on any atom is -0.384 e. The van der Waals surface area contributed by atoms with Gasteiger partial charge in [-0.2, -0.15) is 0 Å². The number of sulfonamides is 1. The average Bonchev–Trinajstić information content (AvgIpc) is 3.38. The topological polar surface area (TPSA) is 86.4 Å². The summed E-state index contributed by atoms with van der Waals surface area (Å²) in [6.07, 6.45) is 4.71. The van der Waals surface area contributed by atoms with Crippen molar-refractivity contribution >= 4 is 43.8 Å². The van der Waals surface area contributed by atoms with Crippen LogP contribution in [-0.2, 0) is 10.0 Å². The summed E-state index contributed by atoms with van der Waals surface area (Å²) in [4.78, 5) is 5.91. The smallest absolute Gasteiger partial charge is 0.266 e. The second kappa shape index (κ2) is 9.99. The summed E-state index contributed by atoms with van der Waals surface area (Å²) in [5, 5.41) is 8.57. The highest BCUT2D eigenvalue weighted by molar-refractivity contribution is 7.93. The van der Waals surface area contributed by atoms with Crippen LogP contribution in [0.5, 0.6) is 0 Å². The summed E-state index contributed by atoms with van der Waals surface area (Å²) < 4.78 is 41.7. The fourth-order valence-electron chi connectivity index (χ4n) is 4.35. The highest BCUT2D eigenvalue weighted by Crippen LogP contribution is 2.30. The van der Waals surface area contributed by atoms with E-state index in [0.717, 1.165) is 67.8 Å². The van der Waals surface area contributed by atoms with Crippen molar-refractivity contribution in [3.8, 4) is 0 Å². The van der Waals surface area contributed by atoms with Gasteiger partial charge < -0.3 is 15.5 Å². The first kappa shape index (κ1) is 22.7. The number of likely N-dealkylation sites (tertiary alicyclic amines) is 1. The number of thiazole rings is 1. The molecule has 1 aromatic heterocycles. The van der Waals surface area contributed by atoms with Gasteiger partial charge in [0, 0.05) is 31.2 Å². The van der Waals surface area contributed by atoms with E-state index in [-0.39, 0.29) is 10.2 Å². The van der Waals surface area contributed by atoms with Crippen LogP contribution in [0.15, 0.2) is 28.6 Å². The zero-order valence-corrected chi connectivity index (χ0v) is 19.5. The van der Waals surface area contributed by atoms with Gasteiger partial charge in [-0.05, 0) is 62.9 Å². The Bertz CT molecular complexity index is 976. The molecule has 3 heterocycles. The van der Waals surface area contributed by atoms with Crippen LogP contribution in [0.25, 0.3) is 0 Å². The minimum absolute atomic E-state index is 0.164. The van der Waals surface area contributed by atoms with Crippen LogP contribution < -0.4 is 15.4 Å². The first-order valence-electron chi connectivity index (χ1n) is 10.5. The third kappa shape index (κ3) is 5.67. The zero-order valence-electron chi connectivity index (χ0n) is 17.1. The van der Waals surface area contributed by atoms with Crippen LogP contribution in [0, 0.1) is 17.7 Å². The Kier molecular flexibility index (Phi) is 7.33. The van der Waals surface area contributed by atoms with Crippen molar-refractivity contribution in [3.63, 3.8) is 0 Å². The lowest BCUT2D eigenvalue weighted by atomic mass is 9.90. The van der Waals surface area contributed by atoms with Crippen LogP contribution in [0.3, 0.4) is 0 Å². The number of aromatic nitrogens is 1. The monoisotopic (exact) mass is 487 g/mol. The van der Waals surface area contributed by atoms with Crippen molar-refractivity contribution in [1.82, 2.24) is 15.2 Å². The number of hydrogen-bond acceptors (Lipinski definition) is 7. The maximum atomic E-state index is 14.5. The van der Waals surface area contributed by atoms with E-state index in [1.807, 2.05) is 0 Å². The lowest BCUT2D eigenvalue weighted by Crippen LogP contribution is -2.35. The largest absolute Gasteiger partial charge is 0.384 e. The molecule has 2 atom stereocenters. The third-order valence-electron chi connectivity index (χ3n) is 5.93. The van der Waals surface area contributed by atoms with Crippen molar-refractivity contribution in [3.05, 3.63) is 34.5 Å². The summed E-state index contributed by atoms with van der Waals surface area (Å²) in [6, 6.07) is 2.27. The van der Waals surface area contributed by atoms with Gasteiger partial charge in [0.2, 0.25) is 0 Å². The molecule has 2 fully saturated rings. The van der Waals surface area contributed by atoms with Crippen LogP contribution in [-0.4, -0.2) is 57.6 Å². The number of anilines is 2. The van der Waals surface area contributed by atoms with E-state index in [0.29, 0.717) is 12.2 Å². The van der Waals surface area contributed by atoms with Crippen molar-refractivity contribution in [2.75, 3.05) is 49.3 Å². The van der Waals surface area contributed by atoms with E-state index in [4.69, 9.17) is 11.6 Å². The lowest BCUT2D eigenvalue weighted by molar-refractivity contribution is 0.314. The number of benzene rings is 1. The maximum absolute atomic E-state index is 14.5. The van der Waals surface area contributed by atoms with E-state index >= 15 is 0 Å². The van der Waals surface area contributed by atoms with Crippen LogP contribution in [0.1, 0.15) is 19.3 Å². The Hall–Kier alpha value is -1.46. The molecular formula is C20H27ClFN5O2S2. The second-order valence-electron chi connectivity index (χ2n) is 8.11. The molecule has 31 heavy (non-hydrogen) atoms. The van der Waals surface area contributed by atoms with Crippen molar-refractivity contribution in [2.45, 2.75) is 24.2 Å². The number of nitrogens with one attached hydrogen (secondary N) is 3. The number of halogens is 2. The molecule has 0 aliphatic carbocycles. The van der Waals surface area contributed by atoms with Crippen LogP contribution >= 0.6 is 22.9 Å². The normalized spacial score (nSPS) is 21.7. The van der Waals surface area contributed by atoms with E-state index < -0.39 is 20.7 Å². The summed E-state index contributed by atoms with van der Waals surface area (Å²) in [5.41, 5.74) is 0.394. The van der Waals surface area contributed by atoms with Crippen molar-refractivity contribution in [1.29, 1.82) is 0 Å². The summed E-state index contributed by atoms with van der Waals surface area (Å²) in [7, 11) is -4.10. The molecule has 11 heteroatoms. The van der Waals surface area contributed by atoms with Crippen LogP contribution in [0.4, 0.5) is 15.2 Å². The SMILES string of the molecule is O=S(=O)(Nc1nccs1)c1cc(Cl)c(NCCCCN2C[C@H]3CNCC[C@H]3C2)cc1F. The third-order valence-corrected chi connectivity index (χ3v) is 8.42. The lowest BCUT2D eigenvalue weighted by Gasteiger charge is -2.24. The first-order chi connectivity index (χ1) is 14.9. The standard InChI is InChI=1S/C20H27ClFN5O2S2/c21-16-9-19(31(28,29)26-20-25-6-8-30-20)17(22)10-18(16)24-4-1-2-7-27-12-14-3-5-23-11-15(14)13-27/h6,8-10,14-15,23-24H,1-5,7,11-13H2,(H,25,26)/t14-,15+/m0/s1. The molecule has 0 amide bonds. The quantitative estimate of drug-likeness (QED) is 0.469. The molecule has 2 aromatic rings. The number of unbranched alkanes of at least 4 members (excludes halogenated alkanes) is 1. The number of hydrogen-bond donors (Lipinski definition) is 3. The van der Waals surface area contributed by atoms with E-state index in [1.165, 1.54) is 25.7 Å². The van der Waals surface area contributed by atoms with Gasteiger partial charge in [0.1, 0.15) is 10.7 Å². The predicted molar refractivity (Wildman–Crippen MR) is 123 cm³/mol. The Morgan fingerprint density at radius 2 is 2.13 bits per heavy atom. The van der Waals surface area contributed by atoms with E-state index in [9.17, 15) is 12.8 Å². The highest BCUT2D eigenvalue weighted by atomic mass is 35.5. The molecule has 0 spiro atoms. The molecule has 4 rings (SSSR count). The van der Waals surface area contributed by atoms with Crippen molar-refractivity contribution in [2.24, 2.45) is 11.8 Å². The average molecular weight is 488 g/mol. The molecule has 2 aliphatic rings. The molecule has 2 saturated heterocycles. The predicted octanol–water partition coefficient (Wildman–Crippen LogP) is 3.47. The summed E-state index contributed by atoms with van der Waals surface area (Å²) in [6.45, 7) is 6.35. The molecule has 3 N–H and O–H groups in total. The summed E-state index contributed by atoms with van der Waals surface area (Å²) in [5.74, 6) is 0.763. The molecule has 2 aliphatic heterocycles. The molecule has 7 nitrogen and oxygen atoms in total. The number of rotatable bonds is 9. The Morgan fingerprint density at radius 1 is 1.29 bits per heavy atom. The number of piperidine rings is 1. The van der Waals surface area contributed by atoms with Gasteiger partial charge in [-0.25, -0.2) is 17.8 Å². The van der Waals surface area contributed by atoms with E-state index in [2.05, 4.69) is 25.2 Å². The number of nitrogens with zero attached hydrogens (tertiary/aromatic N) is 2. The minimum atomic E-state index is -4.10. The first-order valence-corrected chi connectivity index (χ1v) is 13.2. The highest BCUT2D eigenvalue weighted by Gasteiger charge is 2.33.